The largest absolute Gasteiger partial charge is 0.381 e. The standard InChI is InChI=1S/C13H26N2O2/c1-3-13(14,4-2)10-15-12(16)9-11-5-7-17-8-6-11/h11H,3-10,14H2,1-2H3,(H,15,16). The van der Waals surface area contributed by atoms with Crippen molar-refractivity contribution in [3.05, 3.63) is 0 Å². The van der Waals surface area contributed by atoms with Crippen molar-refractivity contribution < 1.29 is 9.53 Å². The zero-order valence-corrected chi connectivity index (χ0v) is 11.1. The van der Waals surface area contributed by atoms with Crippen LogP contribution >= 0.6 is 0 Å². The molecule has 0 atom stereocenters. The summed E-state index contributed by atoms with van der Waals surface area (Å²) in [6, 6.07) is 0. The molecule has 1 heterocycles. The number of nitrogens with one attached hydrogen (secondary N) is 1. The van der Waals surface area contributed by atoms with Crippen molar-refractivity contribution in [2.45, 2.75) is 51.5 Å². The second kappa shape index (κ2) is 6.97. The van der Waals surface area contributed by atoms with Crippen LogP contribution in [0.2, 0.25) is 0 Å². The molecule has 3 N–H and O–H groups in total. The van der Waals surface area contributed by atoms with Crippen LogP contribution in [0.1, 0.15) is 46.0 Å². The normalized spacial score (nSPS) is 18.1. The molecule has 100 valence electrons. The number of hydrogen-bond acceptors (Lipinski definition) is 3. The quantitative estimate of drug-likeness (QED) is 0.740. The van der Waals surface area contributed by atoms with Gasteiger partial charge in [0, 0.05) is 31.7 Å². The SMILES string of the molecule is CCC(N)(CC)CNC(=O)CC1CCOCC1. The summed E-state index contributed by atoms with van der Waals surface area (Å²) in [4.78, 5) is 11.8. The van der Waals surface area contributed by atoms with E-state index in [0.29, 0.717) is 18.9 Å². The summed E-state index contributed by atoms with van der Waals surface area (Å²) >= 11 is 0. The van der Waals surface area contributed by atoms with Gasteiger partial charge in [-0.2, -0.15) is 0 Å². The van der Waals surface area contributed by atoms with Crippen LogP contribution in [0.4, 0.5) is 0 Å². The molecule has 4 heteroatoms. The van der Waals surface area contributed by atoms with Gasteiger partial charge in [-0.05, 0) is 31.6 Å². The first-order chi connectivity index (χ1) is 8.09. The molecule has 0 aromatic heterocycles. The number of carbonyl (C=O) groups excluding carboxylic acids is 1. The molecule has 0 spiro atoms. The Balaban J connectivity index is 2.24. The van der Waals surface area contributed by atoms with Crippen LogP contribution in [0, 0.1) is 5.92 Å². The third kappa shape index (κ3) is 5.04. The van der Waals surface area contributed by atoms with E-state index >= 15 is 0 Å². The fourth-order valence-electron chi connectivity index (χ4n) is 2.06. The zero-order valence-electron chi connectivity index (χ0n) is 11.1. The van der Waals surface area contributed by atoms with Gasteiger partial charge in [-0.15, -0.1) is 0 Å². The Bertz CT molecular complexity index is 234. The minimum atomic E-state index is -0.245. The Morgan fingerprint density at radius 3 is 2.47 bits per heavy atom. The number of rotatable bonds is 6. The lowest BCUT2D eigenvalue weighted by Gasteiger charge is -2.27. The molecule has 4 nitrogen and oxygen atoms in total. The predicted octanol–water partition coefficient (Wildman–Crippen LogP) is 1.44. The average molecular weight is 242 g/mol. The topological polar surface area (TPSA) is 64.3 Å². The molecule has 0 radical (unpaired) electrons. The Labute approximate surface area is 104 Å². The fraction of sp³-hybridized carbons (Fsp3) is 0.923. The van der Waals surface area contributed by atoms with E-state index in [-0.39, 0.29) is 11.4 Å². The minimum Gasteiger partial charge on any atom is -0.381 e. The summed E-state index contributed by atoms with van der Waals surface area (Å²) in [5.41, 5.74) is 5.90. The first kappa shape index (κ1) is 14.5. The predicted molar refractivity (Wildman–Crippen MR) is 68.7 cm³/mol. The number of ether oxygens (including phenoxy) is 1. The lowest BCUT2D eigenvalue weighted by molar-refractivity contribution is -0.122. The molecule has 1 amide bonds. The van der Waals surface area contributed by atoms with E-state index in [9.17, 15) is 4.79 Å². The first-order valence-corrected chi connectivity index (χ1v) is 6.73. The van der Waals surface area contributed by atoms with Gasteiger partial charge in [0.15, 0.2) is 0 Å². The number of amides is 1. The Hall–Kier alpha value is -0.610. The molecule has 0 aromatic carbocycles. The Kier molecular flexibility index (Phi) is 5.92. The van der Waals surface area contributed by atoms with Gasteiger partial charge in [0.25, 0.3) is 0 Å². The van der Waals surface area contributed by atoms with Gasteiger partial charge in [0.2, 0.25) is 5.91 Å². The van der Waals surface area contributed by atoms with Crippen molar-refractivity contribution in [2.24, 2.45) is 11.7 Å². The van der Waals surface area contributed by atoms with Crippen LogP contribution in [0.15, 0.2) is 0 Å². The molecule has 0 bridgehead atoms. The number of nitrogens with two attached hydrogens (primary N) is 1. The second-order valence-corrected chi connectivity index (χ2v) is 5.11. The zero-order chi connectivity index (χ0) is 12.7. The van der Waals surface area contributed by atoms with E-state index in [1.54, 1.807) is 0 Å². The van der Waals surface area contributed by atoms with Crippen molar-refractivity contribution >= 4 is 5.91 Å². The maximum Gasteiger partial charge on any atom is 0.220 e. The van der Waals surface area contributed by atoms with Crippen LogP contribution in [-0.2, 0) is 9.53 Å². The van der Waals surface area contributed by atoms with Gasteiger partial charge < -0.3 is 15.8 Å². The van der Waals surface area contributed by atoms with Gasteiger partial charge in [-0.3, -0.25) is 4.79 Å². The van der Waals surface area contributed by atoms with E-state index in [1.807, 2.05) is 0 Å². The van der Waals surface area contributed by atoms with Crippen LogP contribution in [0.25, 0.3) is 0 Å². The van der Waals surface area contributed by atoms with Gasteiger partial charge in [0.1, 0.15) is 0 Å². The summed E-state index contributed by atoms with van der Waals surface area (Å²) in [6.07, 6.45) is 4.40. The first-order valence-electron chi connectivity index (χ1n) is 6.73. The summed E-state index contributed by atoms with van der Waals surface area (Å²) in [5, 5.41) is 2.97. The van der Waals surface area contributed by atoms with E-state index in [0.717, 1.165) is 38.9 Å². The molecule has 0 saturated carbocycles. The number of hydrogen-bond donors (Lipinski definition) is 2. The minimum absolute atomic E-state index is 0.133. The highest BCUT2D eigenvalue weighted by Crippen LogP contribution is 2.18. The lowest BCUT2D eigenvalue weighted by Crippen LogP contribution is -2.49. The van der Waals surface area contributed by atoms with Crippen molar-refractivity contribution in [3.63, 3.8) is 0 Å². The molecule has 1 aliphatic rings. The molecule has 17 heavy (non-hydrogen) atoms. The highest BCUT2D eigenvalue weighted by atomic mass is 16.5. The van der Waals surface area contributed by atoms with Crippen LogP contribution in [0.3, 0.4) is 0 Å². The second-order valence-electron chi connectivity index (χ2n) is 5.11. The van der Waals surface area contributed by atoms with Gasteiger partial charge in [0.05, 0.1) is 0 Å². The fourth-order valence-corrected chi connectivity index (χ4v) is 2.06. The van der Waals surface area contributed by atoms with Crippen molar-refractivity contribution in [3.8, 4) is 0 Å². The summed E-state index contributed by atoms with van der Waals surface area (Å²) in [7, 11) is 0. The maximum absolute atomic E-state index is 11.8. The molecule has 1 saturated heterocycles. The smallest absolute Gasteiger partial charge is 0.220 e. The average Bonchev–Trinajstić information content (AvgIpc) is 2.37. The van der Waals surface area contributed by atoms with E-state index in [1.165, 1.54) is 0 Å². The van der Waals surface area contributed by atoms with E-state index < -0.39 is 0 Å². The van der Waals surface area contributed by atoms with Gasteiger partial charge >= 0.3 is 0 Å². The lowest BCUT2D eigenvalue weighted by atomic mass is 9.93. The van der Waals surface area contributed by atoms with Crippen molar-refractivity contribution in [2.75, 3.05) is 19.8 Å². The monoisotopic (exact) mass is 242 g/mol. The molecule has 1 fully saturated rings. The third-order valence-corrected chi connectivity index (χ3v) is 3.86. The Morgan fingerprint density at radius 2 is 1.94 bits per heavy atom. The molecular weight excluding hydrogens is 216 g/mol. The van der Waals surface area contributed by atoms with Crippen LogP contribution < -0.4 is 11.1 Å². The molecule has 0 unspecified atom stereocenters. The van der Waals surface area contributed by atoms with Gasteiger partial charge in [-0.1, -0.05) is 13.8 Å². The highest BCUT2D eigenvalue weighted by molar-refractivity contribution is 5.76. The molecule has 0 aliphatic carbocycles. The summed E-state index contributed by atoms with van der Waals surface area (Å²) < 4.78 is 5.28. The third-order valence-electron chi connectivity index (χ3n) is 3.86. The van der Waals surface area contributed by atoms with Crippen LogP contribution in [-0.4, -0.2) is 31.2 Å². The maximum atomic E-state index is 11.8. The van der Waals surface area contributed by atoms with Gasteiger partial charge in [-0.25, -0.2) is 0 Å². The molecule has 0 aromatic rings. The van der Waals surface area contributed by atoms with Crippen LogP contribution in [0.5, 0.6) is 0 Å². The summed E-state index contributed by atoms with van der Waals surface area (Å²) in [5.74, 6) is 0.618. The molecular formula is C13H26N2O2. The molecule has 1 rings (SSSR count). The number of carbonyl (C=O) groups is 1. The Morgan fingerprint density at radius 1 is 1.35 bits per heavy atom. The van der Waals surface area contributed by atoms with E-state index in [4.69, 9.17) is 10.5 Å². The van der Waals surface area contributed by atoms with Crippen molar-refractivity contribution in [1.29, 1.82) is 0 Å². The van der Waals surface area contributed by atoms with E-state index in [2.05, 4.69) is 19.2 Å². The highest BCUT2D eigenvalue weighted by Gasteiger charge is 2.22. The van der Waals surface area contributed by atoms with Crippen molar-refractivity contribution in [1.82, 2.24) is 5.32 Å². The summed E-state index contributed by atoms with van der Waals surface area (Å²) in [6.45, 7) is 6.30. The molecule has 1 aliphatic heterocycles.